The standard InChI is InChI=1S/C16H33N3O2/c1-5-17-15(19-10-8-16(2,3)14-19)18-9-6-7-11-21-13-12-20-4/h5-14H2,1-4H3,(H,17,18). The van der Waals surface area contributed by atoms with E-state index in [0.717, 1.165) is 51.6 Å². The Morgan fingerprint density at radius 3 is 2.67 bits per heavy atom. The van der Waals surface area contributed by atoms with Crippen LogP contribution in [-0.4, -0.2) is 64.0 Å². The number of aliphatic imine (C=N–C) groups is 1. The zero-order valence-electron chi connectivity index (χ0n) is 14.3. The van der Waals surface area contributed by atoms with Crippen LogP contribution in [0.1, 0.15) is 40.0 Å². The molecular weight excluding hydrogens is 266 g/mol. The van der Waals surface area contributed by atoms with Crippen molar-refractivity contribution < 1.29 is 9.47 Å². The number of ether oxygens (including phenoxy) is 2. The van der Waals surface area contributed by atoms with Crippen LogP contribution in [0.15, 0.2) is 4.99 Å². The molecule has 0 aromatic heterocycles. The fourth-order valence-electron chi connectivity index (χ4n) is 2.46. The van der Waals surface area contributed by atoms with E-state index in [-0.39, 0.29) is 0 Å². The largest absolute Gasteiger partial charge is 0.382 e. The topological polar surface area (TPSA) is 46.1 Å². The van der Waals surface area contributed by atoms with Crippen molar-refractivity contribution in [3.8, 4) is 0 Å². The van der Waals surface area contributed by atoms with Crippen molar-refractivity contribution in [2.24, 2.45) is 10.4 Å². The first-order chi connectivity index (χ1) is 10.1. The van der Waals surface area contributed by atoms with Gasteiger partial charge in [-0.1, -0.05) is 13.8 Å². The first-order valence-corrected chi connectivity index (χ1v) is 8.19. The Bertz CT molecular complexity index is 306. The van der Waals surface area contributed by atoms with Crippen molar-refractivity contribution >= 4 is 5.96 Å². The molecule has 0 aromatic rings. The zero-order chi connectivity index (χ0) is 15.6. The van der Waals surface area contributed by atoms with E-state index in [1.807, 2.05) is 0 Å². The van der Waals surface area contributed by atoms with E-state index in [1.165, 1.54) is 6.42 Å². The Balaban J connectivity index is 2.23. The Hall–Kier alpha value is -0.810. The van der Waals surface area contributed by atoms with Crippen LogP contribution in [0.3, 0.4) is 0 Å². The van der Waals surface area contributed by atoms with Gasteiger partial charge < -0.3 is 19.7 Å². The van der Waals surface area contributed by atoms with Gasteiger partial charge in [-0.15, -0.1) is 0 Å². The van der Waals surface area contributed by atoms with Crippen LogP contribution in [-0.2, 0) is 9.47 Å². The van der Waals surface area contributed by atoms with E-state index in [4.69, 9.17) is 14.5 Å². The Labute approximate surface area is 130 Å². The predicted octanol–water partition coefficient (Wildman–Crippen LogP) is 2.13. The van der Waals surface area contributed by atoms with Crippen molar-refractivity contribution in [3.05, 3.63) is 0 Å². The predicted molar refractivity (Wildman–Crippen MR) is 87.9 cm³/mol. The van der Waals surface area contributed by atoms with E-state index in [2.05, 4.69) is 31.0 Å². The van der Waals surface area contributed by atoms with Crippen LogP contribution < -0.4 is 5.32 Å². The highest BCUT2D eigenvalue weighted by atomic mass is 16.5. The molecule has 0 unspecified atom stereocenters. The van der Waals surface area contributed by atoms with E-state index in [1.54, 1.807) is 7.11 Å². The average molecular weight is 299 g/mol. The summed E-state index contributed by atoms with van der Waals surface area (Å²) < 4.78 is 10.4. The molecule has 0 aliphatic carbocycles. The zero-order valence-corrected chi connectivity index (χ0v) is 14.3. The highest BCUT2D eigenvalue weighted by molar-refractivity contribution is 5.80. The maximum Gasteiger partial charge on any atom is 0.193 e. The van der Waals surface area contributed by atoms with Crippen LogP contribution in [0.2, 0.25) is 0 Å². The lowest BCUT2D eigenvalue weighted by atomic mass is 9.93. The Kier molecular flexibility index (Phi) is 8.69. The van der Waals surface area contributed by atoms with Gasteiger partial charge in [0, 0.05) is 39.9 Å². The summed E-state index contributed by atoms with van der Waals surface area (Å²) in [5, 5.41) is 3.41. The van der Waals surface area contributed by atoms with Crippen molar-refractivity contribution in [1.29, 1.82) is 0 Å². The number of guanidine groups is 1. The third-order valence-electron chi connectivity index (χ3n) is 3.70. The highest BCUT2D eigenvalue weighted by Gasteiger charge is 2.30. The van der Waals surface area contributed by atoms with Gasteiger partial charge in [0.15, 0.2) is 5.96 Å². The van der Waals surface area contributed by atoms with Crippen molar-refractivity contribution in [3.63, 3.8) is 0 Å². The summed E-state index contributed by atoms with van der Waals surface area (Å²) in [5.74, 6) is 1.07. The van der Waals surface area contributed by atoms with Gasteiger partial charge in [-0.2, -0.15) is 0 Å². The normalized spacial score (nSPS) is 18.3. The van der Waals surface area contributed by atoms with Gasteiger partial charge in [0.25, 0.3) is 0 Å². The van der Waals surface area contributed by atoms with Gasteiger partial charge in [-0.25, -0.2) is 0 Å². The minimum absolute atomic E-state index is 0.408. The first kappa shape index (κ1) is 18.2. The fraction of sp³-hybridized carbons (Fsp3) is 0.938. The van der Waals surface area contributed by atoms with E-state index < -0.39 is 0 Å². The van der Waals surface area contributed by atoms with Crippen molar-refractivity contribution in [2.75, 3.05) is 53.1 Å². The Morgan fingerprint density at radius 1 is 1.24 bits per heavy atom. The molecule has 1 N–H and O–H groups in total. The molecular formula is C16H33N3O2. The van der Waals surface area contributed by atoms with Crippen LogP contribution in [0.5, 0.6) is 0 Å². The van der Waals surface area contributed by atoms with Gasteiger partial charge in [-0.3, -0.25) is 4.99 Å². The lowest BCUT2D eigenvalue weighted by molar-refractivity contribution is 0.0690. The molecule has 1 aliphatic rings. The molecule has 1 rings (SSSR count). The maximum atomic E-state index is 5.46. The molecule has 5 nitrogen and oxygen atoms in total. The first-order valence-electron chi connectivity index (χ1n) is 8.19. The maximum absolute atomic E-state index is 5.46. The summed E-state index contributed by atoms with van der Waals surface area (Å²) in [4.78, 5) is 7.13. The molecule has 0 atom stereocenters. The number of likely N-dealkylation sites (tertiary alicyclic amines) is 1. The molecule has 1 aliphatic heterocycles. The number of hydrogen-bond acceptors (Lipinski definition) is 3. The second-order valence-electron chi connectivity index (χ2n) is 6.38. The second kappa shape index (κ2) is 10.0. The molecule has 1 saturated heterocycles. The molecule has 0 saturated carbocycles. The quantitative estimate of drug-likeness (QED) is 0.402. The van der Waals surface area contributed by atoms with Crippen LogP contribution in [0.25, 0.3) is 0 Å². The lowest BCUT2D eigenvalue weighted by Crippen LogP contribution is -2.40. The Morgan fingerprint density at radius 2 is 2.05 bits per heavy atom. The number of methoxy groups -OCH3 is 1. The number of nitrogens with one attached hydrogen (secondary N) is 1. The monoisotopic (exact) mass is 299 g/mol. The molecule has 0 radical (unpaired) electrons. The van der Waals surface area contributed by atoms with Crippen LogP contribution in [0, 0.1) is 5.41 Å². The van der Waals surface area contributed by atoms with E-state index in [0.29, 0.717) is 18.6 Å². The summed E-state index contributed by atoms with van der Waals surface area (Å²) in [6, 6.07) is 0. The summed E-state index contributed by atoms with van der Waals surface area (Å²) in [6.07, 6.45) is 3.36. The molecule has 124 valence electrons. The van der Waals surface area contributed by atoms with Crippen LogP contribution >= 0.6 is 0 Å². The van der Waals surface area contributed by atoms with Gasteiger partial charge in [0.1, 0.15) is 0 Å². The molecule has 0 aromatic carbocycles. The van der Waals surface area contributed by atoms with E-state index in [9.17, 15) is 0 Å². The van der Waals surface area contributed by atoms with E-state index >= 15 is 0 Å². The number of hydrogen-bond donors (Lipinski definition) is 1. The molecule has 1 fully saturated rings. The number of nitrogens with zero attached hydrogens (tertiary/aromatic N) is 2. The SMILES string of the molecule is CCNC(=NCCCCOCCOC)N1CCC(C)(C)C1. The number of rotatable bonds is 9. The van der Waals surface area contributed by atoms with Gasteiger partial charge >= 0.3 is 0 Å². The molecule has 0 bridgehead atoms. The van der Waals surface area contributed by atoms with Crippen molar-refractivity contribution in [2.45, 2.75) is 40.0 Å². The second-order valence-corrected chi connectivity index (χ2v) is 6.38. The van der Waals surface area contributed by atoms with Crippen molar-refractivity contribution in [1.82, 2.24) is 10.2 Å². The molecule has 21 heavy (non-hydrogen) atoms. The highest BCUT2D eigenvalue weighted by Crippen LogP contribution is 2.28. The molecule has 5 heteroatoms. The summed E-state index contributed by atoms with van der Waals surface area (Å²) in [7, 11) is 1.69. The minimum atomic E-state index is 0.408. The third-order valence-corrected chi connectivity index (χ3v) is 3.70. The lowest BCUT2D eigenvalue weighted by Gasteiger charge is -2.23. The number of unbranched alkanes of at least 4 members (excludes halogenated alkanes) is 1. The summed E-state index contributed by atoms with van der Waals surface area (Å²) >= 11 is 0. The van der Waals surface area contributed by atoms with Gasteiger partial charge in [-0.05, 0) is 31.6 Å². The summed E-state index contributed by atoms with van der Waals surface area (Å²) in [5.41, 5.74) is 0.408. The van der Waals surface area contributed by atoms with Gasteiger partial charge in [0.05, 0.1) is 13.2 Å². The molecule has 0 amide bonds. The average Bonchev–Trinajstić information content (AvgIpc) is 2.81. The fourth-order valence-corrected chi connectivity index (χ4v) is 2.46. The smallest absolute Gasteiger partial charge is 0.193 e. The van der Waals surface area contributed by atoms with Gasteiger partial charge in [0.2, 0.25) is 0 Å². The third kappa shape index (κ3) is 7.67. The van der Waals surface area contributed by atoms with Crippen LogP contribution in [0.4, 0.5) is 0 Å². The summed E-state index contributed by atoms with van der Waals surface area (Å²) in [6.45, 7) is 12.9. The minimum Gasteiger partial charge on any atom is -0.382 e. The molecule has 1 heterocycles. The molecule has 0 spiro atoms.